The van der Waals surface area contributed by atoms with Crippen LogP contribution in [0, 0.1) is 5.82 Å². The van der Waals surface area contributed by atoms with Crippen LogP contribution in [0.15, 0.2) is 30.9 Å². The largest absolute Gasteiger partial charge is 0.484 e. The molecule has 5 heteroatoms. The number of benzene rings is 1. The zero-order valence-electron chi connectivity index (χ0n) is 12.8. The summed E-state index contributed by atoms with van der Waals surface area (Å²) in [4.78, 5) is 11.4. The minimum Gasteiger partial charge on any atom is -0.484 e. The minimum absolute atomic E-state index is 0.0576. The third-order valence-corrected chi connectivity index (χ3v) is 2.57. The van der Waals surface area contributed by atoms with Crippen LogP contribution in [0.2, 0.25) is 0 Å². The van der Waals surface area contributed by atoms with Gasteiger partial charge in [0.15, 0.2) is 6.61 Å². The molecule has 0 bridgehead atoms. The zero-order valence-corrected chi connectivity index (χ0v) is 12.8. The van der Waals surface area contributed by atoms with Crippen molar-refractivity contribution in [3.8, 4) is 5.75 Å². The molecular formula is C16H23FN2O2. The first-order valence-corrected chi connectivity index (χ1v) is 6.85. The van der Waals surface area contributed by atoms with Crippen molar-refractivity contribution >= 4 is 5.91 Å². The van der Waals surface area contributed by atoms with Crippen LogP contribution in [0.25, 0.3) is 0 Å². The van der Waals surface area contributed by atoms with Crippen LogP contribution in [0.3, 0.4) is 0 Å². The van der Waals surface area contributed by atoms with E-state index in [4.69, 9.17) is 4.74 Å². The van der Waals surface area contributed by atoms with Crippen molar-refractivity contribution < 1.29 is 13.9 Å². The van der Waals surface area contributed by atoms with Crippen LogP contribution < -0.4 is 15.4 Å². The molecular weight excluding hydrogens is 271 g/mol. The molecule has 0 aromatic heterocycles. The highest BCUT2D eigenvalue weighted by molar-refractivity contribution is 5.77. The summed E-state index contributed by atoms with van der Waals surface area (Å²) in [6.45, 7) is 10.4. The fourth-order valence-corrected chi connectivity index (χ4v) is 1.56. The normalized spacial score (nSPS) is 11.0. The van der Waals surface area contributed by atoms with Gasteiger partial charge in [0.05, 0.1) is 0 Å². The Bertz CT molecular complexity index is 496. The van der Waals surface area contributed by atoms with Gasteiger partial charge in [-0.2, -0.15) is 0 Å². The lowest BCUT2D eigenvalue weighted by Gasteiger charge is -2.20. The summed E-state index contributed by atoms with van der Waals surface area (Å²) in [5.74, 6) is -0.312. The molecule has 0 saturated heterocycles. The lowest BCUT2D eigenvalue weighted by atomic mass is 10.1. The number of hydrogen-bond acceptors (Lipinski definition) is 3. The third kappa shape index (κ3) is 7.46. The second kappa shape index (κ2) is 7.78. The van der Waals surface area contributed by atoms with Gasteiger partial charge in [0.2, 0.25) is 0 Å². The van der Waals surface area contributed by atoms with Gasteiger partial charge in [-0.1, -0.05) is 6.08 Å². The minimum atomic E-state index is -0.385. The summed E-state index contributed by atoms with van der Waals surface area (Å²) >= 11 is 0. The molecule has 1 aromatic rings. The van der Waals surface area contributed by atoms with Crippen molar-refractivity contribution in [2.24, 2.45) is 0 Å². The van der Waals surface area contributed by atoms with E-state index in [0.717, 1.165) is 5.56 Å². The van der Waals surface area contributed by atoms with Crippen LogP contribution in [-0.2, 0) is 11.3 Å². The number of rotatable bonds is 7. The maximum absolute atomic E-state index is 13.6. The number of ether oxygens (including phenoxy) is 1. The van der Waals surface area contributed by atoms with E-state index in [9.17, 15) is 9.18 Å². The van der Waals surface area contributed by atoms with Gasteiger partial charge in [-0.15, -0.1) is 6.58 Å². The van der Waals surface area contributed by atoms with Crippen molar-refractivity contribution in [2.45, 2.75) is 32.9 Å². The molecule has 1 amide bonds. The van der Waals surface area contributed by atoms with Gasteiger partial charge in [-0.3, -0.25) is 4.79 Å². The summed E-state index contributed by atoms with van der Waals surface area (Å²) in [7, 11) is 0. The molecule has 2 N–H and O–H groups in total. The molecule has 0 atom stereocenters. The number of nitrogens with one attached hydrogen (secondary N) is 2. The van der Waals surface area contributed by atoms with Crippen molar-refractivity contribution in [3.05, 3.63) is 42.2 Å². The summed E-state index contributed by atoms with van der Waals surface area (Å²) in [5.41, 5.74) is 0.712. The molecule has 0 spiro atoms. The van der Waals surface area contributed by atoms with Gasteiger partial charge in [0.25, 0.3) is 5.91 Å². The van der Waals surface area contributed by atoms with E-state index in [1.165, 1.54) is 12.1 Å². The highest BCUT2D eigenvalue weighted by Gasteiger charge is 2.10. The Morgan fingerprint density at radius 1 is 1.38 bits per heavy atom. The van der Waals surface area contributed by atoms with Crippen LogP contribution in [0.1, 0.15) is 26.3 Å². The monoisotopic (exact) mass is 294 g/mol. The Labute approximate surface area is 125 Å². The molecule has 0 radical (unpaired) electrons. The number of carbonyl (C=O) groups excluding carboxylic acids is 1. The molecule has 0 saturated carbocycles. The van der Waals surface area contributed by atoms with Gasteiger partial charge in [0, 0.05) is 24.7 Å². The van der Waals surface area contributed by atoms with Crippen LogP contribution in [0.5, 0.6) is 5.75 Å². The number of amides is 1. The second-order valence-electron chi connectivity index (χ2n) is 5.78. The lowest BCUT2D eigenvalue weighted by Crippen LogP contribution is -2.35. The molecule has 116 valence electrons. The molecule has 21 heavy (non-hydrogen) atoms. The van der Waals surface area contributed by atoms with E-state index in [-0.39, 0.29) is 23.9 Å². The van der Waals surface area contributed by atoms with E-state index in [1.54, 1.807) is 12.1 Å². The quantitative estimate of drug-likeness (QED) is 0.759. The van der Waals surface area contributed by atoms with Crippen molar-refractivity contribution in [1.29, 1.82) is 0 Å². The van der Waals surface area contributed by atoms with Crippen molar-refractivity contribution in [3.63, 3.8) is 0 Å². The molecule has 0 aliphatic heterocycles. The van der Waals surface area contributed by atoms with Crippen molar-refractivity contribution in [2.75, 3.05) is 13.2 Å². The Kier molecular flexibility index (Phi) is 6.37. The molecule has 1 rings (SSSR count). The Balaban J connectivity index is 2.60. The third-order valence-electron chi connectivity index (χ3n) is 2.57. The summed E-state index contributed by atoms with van der Waals surface area (Å²) in [6.07, 6.45) is 1.58. The Morgan fingerprint density at radius 2 is 2.10 bits per heavy atom. The van der Waals surface area contributed by atoms with Gasteiger partial charge in [0.1, 0.15) is 11.6 Å². The topological polar surface area (TPSA) is 50.4 Å². The predicted molar refractivity (Wildman–Crippen MR) is 81.7 cm³/mol. The molecule has 4 nitrogen and oxygen atoms in total. The molecule has 0 fully saturated rings. The fraction of sp³-hybridized carbons (Fsp3) is 0.438. The molecule has 0 aliphatic carbocycles. The molecule has 0 unspecified atom stereocenters. The van der Waals surface area contributed by atoms with E-state index in [2.05, 4.69) is 17.2 Å². The number of carbonyl (C=O) groups is 1. The van der Waals surface area contributed by atoms with Crippen molar-refractivity contribution in [1.82, 2.24) is 10.6 Å². The van der Waals surface area contributed by atoms with E-state index in [0.29, 0.717) is 18.8 Å². The van der Waals surface area contributed by atoms with E-state index in [1.807, 2.05) is 20.8 Å². The molecule has 0 heterocycles. The maximum Gasteiger partial charge on any atom is 0.258 e. The van der Waals surface area contributed by atoms with Crippen LogP contribution in [0.4, 0.5) is 4.39 Å². The van der Waals surface area contributed by atoms with E-state index < -0.39 is 0 Å². The predicted octanol–water partition coefficient (Wildman–Crippen LogP) is 2.39. The van der Waals surface area contributed by atoms with Crippen LogP contribution >= 0.6 is 0 Å². The Hall–Kier alpha value is -1.88. The smallest absolute Gasteiger partial charge is 0.258 e. The van der Waals surface area contributed by atoms with Gasteiger partial charge < -0.3 is 15.4 Å². The highest BCUT2D eigenvalue weighted by Crippen LogP contribution is 2.17. The average Bonchev–Trinajstić information content (AvgIpc) is 2.39. The summed E-state index contributed by atoms with van der Waals surface area (Å²) in [6, 6.07) is 4.44. The van der Waals surface area contributed by atoms with Gasteiger partial charge >= 0.3 is 0 Å². The maximum atomic E-state index is 13.6. The average molecular weight is 294 g/mol. The van der Waals surface area contributed by atoms with Gasteiger partial charge in [-0.25, -0.2) is 4.39 Å². The number of halogens is 1. The summed E-state index contributed by atoms with van der Waals surface area (Å²) < 4.78 is 18.9. The first-order chi connectivity index (χ1) is 9.80. The highest BCUT2D eigenvalue weighted by atomic mass is 19.1. The molecule has 1 aromatic carbocycles. The SMILES string of the molecule is C=CCNC(=O)COc1cc(F)cc(CNC(C)(C)C)c1. The first-order valence-electron chi connectivity index (χ1n) is 6.85. The standard InChI is InChI=1S/C16H23FN2O2/c1-5-6-18-15(20)11-21-14-8-12(7-13(17)9-14)10-19-16(2,3)4/h5,7-9,19H,1,6,10-11H2,2-4H3,(H,18,20). The Morgan fingerprint density at radius 3 is 2.71 bits per heavy atom. The van der Waals surface area contributed by atoms with E-state index >= 15 is 0 Å². The van der Waals surface area contributed by atoms with Gasteiger partial charge in [-0.05, 0) is 38.5 Å². The number of hydrogen-bond donors (Lipinski definition) is 2. The fourth-order valence-electron chi connectivity index (χ4n) is 1.56. The van der Waals surface area contributed by atoms with Crippen LogP contribution in [-0.4, -0.2) is 24.6 Å². The first kappa shape index (κ1) is 17.2. The lowest BCUT2D eigenvalue weighted by molar-refractivity contribution is -0.122. The second-order valence-corrected chi connectivity index (χ2v) is 5.78. The molecule has 0 aliphatic rings. The summed E-state index contributed by atoms with van der Waals surface area (Å²) in [5, 5.41) is 5.86. The zero-order chi connectivity index (χ0) is 15.9.